The zero-order chi connectivity index (χ0) is 66.7. The molecule has 0 spiro atoms. The molecule has 3 aliphatic rings. The van der Waals surface area contributed by atoms with Gasteiger partial charge in [0, 0.05) is 25.0 Å². The van der Waals surface area contributed by atoms with Gasteiger partial charge in [0.2, 0.25) is 11.8 Å². The zero-order valence-corrected chi connectivity index (χ0v) is 53.6. The van der Waals surface area contributed by atoms with Gasteiger partial charge in [0.25, 0.3) is 11.5 Å². The normalized spacial score (nSPS) is 28.3. The van der Waals surface area contributed by atoms with Crippen molar-refractivity contribution in [1.29, 1.82) is 0 Å². The molecule has 3 fully saturated rings. The number of nitrogens with one attached hydrogen (secondary N) is 2. The van der Waals surface area contributed by atoms with Crippen molar-refractivity contribution in [2.45, 2.75) is 316 Å². The Labute approximate surface area is 536 Å². The predicted octanol–water partition coefficient (Wildman–Crippen LogP) is 4.30. The average molecular weight is 1300 g/mol. The molecule has 26 heteroatoms. The minimum atomic E-state index is -3.20. The second kappa shape index (κ2) is 44.0. The molecule has 524 valence electrons. The van der Waals surface area contributed by atoms with E-state index in [2.05, 4.69) is 24.5 Å². The van der Waals surface area contributed by atoms with Gasteiger partial charge in [0.15, 0.2) is 12.6 Å². The molecular formula is C65H111N3O23. The summed E-state index contributed by atoms with van der Waals surface area (Å²) in [5.74, 6) is -6.51. The van der Waals surface area contributed by atoms with Crippen LogP contribution in [-0.4, -0.2) is 220 Å². The Balaban J connectivity index is 1.41. The molecule has 3 heterocycles. The van der Waals surface area contributed by atoms with Crippen LogP contribution in [0.15, 0.2) is 36.4 Å². The monoisotopic (exact) mass is 1300 g/mol. The maximum Gasteiger partial charge on any atom is 0.364 e. The Bertz CT molecular complexity index is 2220. The summed E-state index contributed by atoms with van der Waals surface area (Å²) in [6, 6.07) is 2.15. The van der Waals surface area contributed by atoms with E-state index in [1.807, 2.05) is 6.08 Å². The fourth-order valence-corrected chi connectivity index (χ4v) is 11.9. The number of aliphatic hydroxyl groups excluding tert-OH is 11. The van der Waals surface area contributed by atoms with Gasteiger partial charge in [0.1, 0.15) is 67.1 Å². The molecule has 91 heavy (non-hydrogen) atoms. The molecule has 0 saturated carbocycles. The summed E-state index contributed by atoms with van der Waals surface area (Å²) in [6.45, 7) is 0.855. The van der Waals surface area contributed by atoms with Crippen molar-refractivity contribution in [3.8, 4) is 0 Å². The summed E-state index contributed by atoms with van der Waals surface area (Å²) in [5, 5.41) is 149. The molecule has 1 aromatic rings. The summed E-state index contributed by atoms with van der Waals surface area (Å²) in [6.07, 6.45) is 3.45. The third-order valence-electron chi connectivity index (χ3n) is 17.4. The number of carbonyl (C=O) groups is 3. The molecular weight excluding hydrogens is 1190 g/mol. The number of rotatable bonds is 48. The van der Waals surface area contributed by atoms with E-state index in [9.17, 15) is 85.8 Å². The lowest BCUT2D eigenvalue weighted by molar-refractivity contribution is -0.386. The first kappa shape index (κ1) is 79.5. The molecule has 0 aliphatic carbocycles. The fourth-order valence-electron chi connectivity index (χ4n) is 11.9. The third-order valence-corrected chi connectivity index (χ3v) is 17.4. The summed E-state index contributed by atoms with van der Waals surface area (Å²) >= 11 is 0. The van der Waals surface area contributed by atoms with Crippen LogP contribution in [0.1, 0.15) is 206 Å². The van der Waals surface area contributed by atoms with Crippen molar-refractivity contribution >= 4 is 23.5 Å². The number of nitro groups is 1. The summed E-state index contributed by atoms with van der Waals surface area (Å²) in [4.78, 5) is 50.6. The third kappa shape index (κ3) is 27.0. The summed E-state index contributed by atoms with van der Waals surface area (Å²) < 4.78 is 34.9. The molecule has 0 bridgehead atoms. The SMILES string of the molecule is CCCCCCCCCCCCC/C=C/[C@@H](O)[C@H](CO[C@@H]1O[C@H](CO)[C@@H](O[C@@H]2O[C@H](CO)[C@H](O)[C@H](O[C@]3(C(=O)O)C[C@H](O)[C@@H](NC(=O)Cc4cccc([N+](=O)[O-])c4)C([C@@H](O)[C@H](O)CO)O3)[C@H]2O)[C@H](O)[C@H]1O)NC(=O)CCCCCCCCCCCCCCCCC. The lowest BCUT2D eigenvalue weighted by atomic mass is 9.88. The molecule has 0 radical (unpaired) electrons. The molecule has 4 rings (SSSR count). The highest BCUT2D eigenvalue weighted by atomic mass is 16.8. The number of unbranched alkanes of at least 4 members (excludes halogenated alkanes) is 25. The number of carboxylic acid groups (broad SMARTS) is 1. The second-order valence-electron chi connectivity index (χ2n) is 24.9. The number of amides is 2. The van der Waals surface area contributed by atoms with E-state index >= 15 is 0 Å². The van der Waals surface area contributed by atoms with E-state index in [1.54, 1.807) is 6.08 Å². The smallest absolute Gasteiger partial charge is 0.364 e. The Morgan fingerprint density at radius 2 is 1.23 bits per heavy atom. The maximum absolute atomic E-state index is 13.4. The highest BCUT2D eigenvalue weighted by Gasteiger charge is 2.60. The van der Waals surface area contributed by atoms with Crippen LogP contribution in [0.4, 0.5) is 5.69 Å². The molecule has 2 amide bonds. The Morgan fingerprint density at radius 3 is 1.76 bits per heavy atom. The number of aliphatic carboxylic acids is 1. The predicted molar refractivity (Wildman–Crippen MR) is 333 cm³/mol. The number of hydrogen-bond donors (Lipinski definition) is 14. The minimum Gasteiger partial charge on any atom is -0.477 e. The fraction of sp³-hybridized carbons (Fsp3) is 0.831. The number of nitro benzene ring substituents is 1. The molecule has 3 saturated heterocycles. The van der Waals surface area contributed by atoms with Crippen molar-refractivity contribution in [2.75, 3.05) is 26.4 Å². The Hall–Kier alpha value is -3.91. The zero-order valence-electron chi connectivity index (χ0n) is 53.6. The highest BCUT2D eigenvalue weighted by Crippen LogP contribution is 2.39. The van der Waals surface area contributed by atoms with Crippen molar-refractivity contribution in [3.63, 3.8) is 0 Å². The van der Waals surface area contributed by atoms with Crippen LogP contribution < -0.4 is 10.6 Å². The van der Waals surface area contributed by atoms with Crippen molar-refractivity contribution < 1.29 is 109 Å². The van der Waals surface area contributed by atoms with Crippen LogP contribution in [0.2, 0.25) is 0 Å². The largest absolute Gasteiger partial charge is 0.477 e. The number of nitrogens with zero attached hydrogens (tertiary/aromatic N) is 1. The molecule has 1 unspecified atom stereocenters. The number of benzene rings is 1. The van der Waals surface area contributed by atoms with E-state index < -0.39 is 166 Å². The van der Waals surface area contributed by atoms with Gasteiger partial charge in [-0.25, -0.2) is 4.79 Å². The highest BCUT2D eigenvalue weighted by molar-refractivity contribution is 5.80. The number of hydrogen-bond acceptors (Lipinski definition) is 22. The number of allylic oxidation sites excluding steroid dienone is 1. The molecule has 1 aromatic carbocycles. The molecule has 26 nitrogen and oxygen atoms in total. The average Bonchev–Trinajstić information content (AvgIpc) is 0.974. The van der Waals surface area contributed by atoms with Crippen molar-refractivity contribution in [2.24, 2.45) is 0 Å². The summed E-state index contributed by atoms with van der Waals surface area (Å²) in [7, 11) is 0. The minimum absolute atomic E-state index is 0.140. The first-order valence-corrected chi connectivity index (χ1v) is 33.7. The quantitative estimate of drug-likeness (QED) is 0.0187. The number of carboxylic acids is 1. The van der Waals surface area contributed by atoms with Gasteiger partial charge < -0.3 is 100 Å². The first-order valence-electron chi connectivity index (χ1n) is 33.7. The number of non-ortho nitro benzene ring substituents is 1. The van der Waals surface area contributed by atoms with Gasteiger partial charge in [-0.3, -0.25) is 19.7 Å². The standard InChI is InChI=1S/C65H111N3O23/c1-3-5-7-9-11-13-15-17-18-20-22-24-26-28-30-35-51(75)66-45(46(72)34-29-27-25-23-21-19-16-14-12-10-8-6-4-2)42-86-62-57(80)56(79)59(50(41-71)88-62)89-63-58(81)61(55(78)49(40-70)87-63)91-65(64(82)83)38-47(73)53(60(90-65)54(77)48(74)39-69)67-52(76)37-43-32-31-33-44(36-43)68(84)85/h29,31-34,36,45-50,53-63,69-74,77-81H,3-28,30,35,37-42H2,1-2H3,(H,66,75)(H,67,76)(H,82,83)/b34-29+/t45-,46+,47-,48+,49+,50+,53+,54-,55-,56+,57+,58+,59+,60?,61-,62+,63-,65-/m0/s1. The van der Waals surface area contributed by atoms with Gasteiger partial charge in [-0.15, -0.1) is 0 Å². The van der Waals surface area contributed by atoms with Gasteiger partial charge >= 0.3 is 5.97 Å². The molecule has 14 N–H and O–H groups in total. The Morgan fingerprint density at radius 1 is 0.692 bits per heavy atom. The van der Waals surface area contributed by atoms with Crippen LogP contribution >= 0.6 is 0 Å². The van der Waals surface area contributed by atoms with Crippen LogP contribution in [-0.2, 0) is 49.2 Å². The Kier molecular flexibility index (Phi) is 38.4. The van der Waals surface area contributed by atoms with Gasteiger partial charge in [-0.2, -0.15) is 0 Å². The van der Waals surface area contributed by atoms with Crippen molar-refractivity contribution in [1.82, 2.24) is 10.6 Å². The maximum atomic E-state index is 13.4. The van der Waals surface area contributed by atoms with Crippen LogP contribution in [0.3, 0.4) is 0 Å². The topological polar surface area (TPSA) is 417 Å². The van der Waals surface area contributed by atoms with E-state index in [1.165, 1.54) is 127 Å². The van der Waals surface area contributed by atoms with Gasteiger partial charge in [-0.1, -0.05) is 192 Å². The van der Waals surface area contributed by atoms with E-state index in [4.69, 9.17) is 28.4 Å². The number of carbonyl (C=O) groups excluding carboxylic acids is 2. The van der Waals surface area contributed by atoms with Crippen molar-refractivity contribution in [3.05, 3.63) is 52.1 Å². The van der Waals surface area contributed by atoms with Crippen LogP contribution in [0.5, 0.6) is 0 Å². The van der Waals surface area contributed by atoms with Crippen LogP contribution in [0, 0.1) is 10.1 Å². The lowest BCUT2D eigenvalue weighted by Crippen LogP contribution is -2.71. The molecule has 18 atom stereocenters. The van der Waals surface area contributed by atoms with E-state index in [0.29, 0.717) is 12.8 Å². The second-order valence-corrected chi connectivity index (χ2v) is 24.9. The van der Waals surface area contributed by atoms with E-state index in [0.717, 1.165) is 57.4 Å². The van der Waals surface area contributed by atoms with E-state index in [-0.39, 0.29) is 23.6 Å². The van der Waals surface area contributed by atoms with Crippen LogP contribution in [0.25, 0.3) is 0 Å². The number of ether oxygens (including phenoxy) is 6. The van der Waals surface area contributed by atoms with Gasteiger partial charge in [0.05, 0.1) is 62.1 Å². The molecule has 0 aromatic heterocycles. The number of aliphatic hydroxyl groups is 11. The lowest BCUT2D eigenvalue weighted by Gasteiger charge is -2.50. The summed E-state index contributed by atoms with van der Waals surface area (Å²) in [5.41, 5.74) is -0.204. The molecule has 3 aliphatic heterocycles. The van der Waals surface area contributed by atoms with Gasteiger partial charge in [-0.05, 0) is 24.8 Å². The first-order chi connectivity index (χ1) is 43.7.